The number of carbonyl (C=O) groups is 1. The number of hydrogen-bond donors (Lipinski definition) is 1. The van der Waals surface area contributed by atoms with E-state index < -0.39 is 5.69 Å². The Bertz CT molecular complexity index is 1410. The molecule has 0 fully saturated rings. The first-order chi connectivity index (χ1) is 15.4. The Kier molecular flexibility index (Phi) is 5.81. The highest BCUT2D eigenvalue weighted by Crippen LogP contribution is 2.13. The maximum absolute atomic E-state index is 13.1. The largest absolute Gasteiger partial charge is 0.497 e. The Hall–Kier alpha value is -3.88. The fourth-order valence-electron chi connectivity index (χ4n) is 3.68. The summed E-state index contributed by atoms with van der Waals surface area (Å²) in [5, 5.41) is 7.58. The molecule has 0 aliphatic carbocycles. The summed E-state index contributed by atoms with van der Waals surface area (Å²) in [7, 11) is 1.58. The minimum atomic E-state index is -0.467. The van der Waals surface area contributed by atoms with Crippen LogP contribution in [-0.2, 0) is 24.4 Å². The van der Waals surface area contributed by atoms with E-state index in [4.69, 9.17) is 4.74 Å². The summed E-state index contributed by atoms with van der Waals surface area (Å²) < 4.78 is 9.18. The topological polar surface area (TPSA) is 99.6 Å². The van der Waals surface area contributed by atoms with E-state index in [1.165, 1.54) is 8.97 Å². The summed E-state index contributed by atoms with van der Waals surface area (Å²) in [5.41, 5.74) is 0.670. The molecule has 4 aromatic rings. The number of para-hydroxylation sites is 1. The van der Waals surface area contributed by atoms with Crippen molar-refractivity contribution in [2.24, 2.45) is 5.92 Å². The second-order valence-electron chi connectivity index (χ2n) is 8.03. The molecule has 166 valence electrons. The van der Waals surface area contributed by atoms with E-state index in [-0.39, 0.29) is 29.7 Å². The standard InChI is InChI=1S/C23H25N5O4/c1-15(2)13-26-21(30)18-9-4-5-10-19(18)28-22(26)25-27(23(28)31)14-20(29)24-12-16-7-6-8-17(11-16)32-3/h4-11,15H,12-14H2,1-3H3,(H,24,29). The quantitative estimate of drug-likeness (QED) is 0.477. The van der Waals surface area contributed by atoms with Crippen molar-refractivity contribution < 1.29 is 9.53 Å². The summed E-state index contributed by atoms with van der Waals surface area (Å²) >= 11 is 0. The van der Waals surface area contributed by atoms with Crippen molar-refractivity contribution in [3.63, 3.8) is 0 Å². The van der Waals surface area contributed by atoms with Gasteiger partial charge in [-0.1, -0.05) is 38.1 Å². The fourth-order valence-corrected chi connectivity index (χ4v) is 3.68. The maximum atomic E-state index is 13.1. The second kappa shape index (κ2) is 8.70. The SMILES string of the molecule is COc1cccc(CNC(=O)Cn2nc3n(CC(C)C)c(=O)c4ccccc4n3c2=O)c1. The molecule has 2 heterocycles. The van der Waals surface area contributed by atoms with E-state index in [9.17, 15) is 14.4 Å². The predicted octanol–water partition coefficient (Wildman–Crippen LogP) is 1.79. The van der Waals surface area contributed by atoms with Crippen molar-refractivity contribution in [3.8, 4) is 5.75 Å². The van der Waals surface area contributed by atoms with Crippen molar-refractivity contribution in [1.29, 1.82) is 0 Å². The van der Waals surface area contributed by atoms with Gasteiger partial charge in [0.1, 0.15) is 12.3 Å². The molecule has 0 unspecified atom stereocenters. The van der Waals surface area contributed by atoms with E-state index in [0.29, 0.717) is 29.7 Å². The van der Waals surface area contributed by atoms with Gasteiger partial charge in [-0.3, -0.25) is 14.2 Å². The lowest BCUT2D eigenvalue weighted by Crippen LogP contribution is -2.32. The number of hydrogen-bond acceptors (Lipinski definition) is 5. The van der Waals surface area contributed by atoms with E-state index in [1.807, 2.05) is 38.1 Å². The minimum Gasteiger partial charge on any atom is -0.497 e. The Morgan fingerprint density at radius 2 is 1.91 bits per heavy atom. The molecule has 0 aliphatic rings. The molecule has 1 amide bonds. The van der Waals surface area contributed by atoms with Crippen molar-refractivity contribution in [2.45, 2.75) is 33.5 Å². The third-order valence-electron chi connectivity index (χ3n) is 5.15. The van der Waals surface area contributed by atoms with Gasteiger partial charge in [-0.05, 0) is 35.7 Å². The summed E-state index contributed by atoms with van der Waals surface area (Å²) in [6.45, 7) is 4.41. The van der Waals surface area contributed by atoms with Crippen molar-refractivity contribution >= 4 is 22.6 Å². The van der Waals surface area contributed by atoms with E-state index in [2.05, 4.69) is 10.4 Å². The highest BCUT2D eigenvalue weighted by Gasteiger charge is 2.19. The number of ether oxygens (including phenoxy) is 1. The van der Waals surface area contributed by atoms with Gasteiger partial charge in [-0.2, -0.15) is 0 Å². The van der Waals surface area contributed by atoms with Gasteiger partial charge in [0.2, 0.25) is 11.7 Å². The van der Waals surface area contributed by atoms with Crippen LogP contribution in [0.4, 0.5) is 0 Å². The molecule has 0 spiro atoms. The molecule has 2 aromatic carbocycles. The number of carbonyl (C=O) groups excluding carboxylic acids is 1. The second-order valence-corrected chi connectivity index (χ2v) is 8.03. The van der Waals surface area contributed by atoms with Crippen molar-refractivity contribution in [1.82, 2.24) is 24.1 Å². The molecule has 1 N–H and O–H groups in total. The first-order valence-corrected chi connectivity index (χ1v) is 10.4. The number of rotatable bonds is 7. The molecule has 0 atom stereocenters. The van der Waals surface area contributed by atoms with Crippen LogP contribution < -0.4 is 21.3 Å². The van der Waals surface area contributed by atoms with Crippen LogP contribution in [0.15, 0.2) is 58.1 Å². The number of aromatic nitrogens is 4. The number of fused-ring (bicyclic) bond motifs is 3. The number of nitrogens with one attached hydrogen (secondary N) is 1. The van der Waals surface area contributed by atoms with Crippen molar-refractivity contribution in [2.75, 3.05) is 7.11 Å². The molecule has 9 heteroatoms. The number of amides is 1. The van der Waals surface area contributed by atoms with Gasteiger partial charge in [0.25, 0.3) is 5.56 Å². The maximum Gasteiger partial charge on any atom is 0.352 e. The van der Waals surface area contributed by atoms with Crippen LogP contribution in [0.25, 0.3) is 16.7 Å². The average Bonchev–Trinajstić information content (AvgIpc) is 3.11. The zero-order valence-electron chi connectivity index (χ0n) is 18.2. The van der Waals surface area contributed by atoms with Gasteiger partial charge < -0.3 is 10.1 Å². The molecule has 0 aliphatic heterocycles. The summed E-state index contributed by atoms with van der Waals surface area (Å²) in [5.74, 6) is 0.737. The van der Waals surface area contributed by atoms with E-state index >= 15 is 0 Å². The highest BCUT2D eigenvalue weighted by molar-refractivity contribution is 5.80. The van der Waals surface area contributed by atoms with Gasteiger partial charge in [0.05, 0.1) is 18.0 Å². The minimum absolute atomic E-state index is 0.170. The summed E-state index contributed by atoms with van der Waals surface area (Å²) in [6, 6.07) is 14.3. The first kappa shape index (κ1) is 21.4. The van der Waals surface area contributed by atoms with Gasteiger partial charge in [0.15, 0.2) is 0 Å². The van der Waals surface area contributed by atoms with Crippen LogP contribution in [0.5, 0.6) is 5.75 Å². The zero-order chi connectivity index (χ0) is 22.8. The first-order valence-electron chi connectivity index (χ1n) is 10.4. The van der Waals surface area contributed by atoms with Gasteiger partial charge in [0, 0.05) is 13.1 Å². The molecular formula is C23H25N5O4. The van der Waals surface area contributed by atoms with Crippen LogP contribution >= 0.6 is 0 Å². The van der Waals surface area contributed by atoms with E-state index in [1.54, 1.807) is 31.4 Å². The van der Waals surface area contributed by atoms with E-state index in [0.717, 1.165) is 10.2 Å². The van der Waals surface area contributed by atoms with Crippen molar-refractivity contribution in [3.05, 3.63) is 74.9 Å². The van der Waals surface area contributed by atoms with Gasteiger partial charge in [-0.25, -0.2) is 13.9 Å². The number of benzene rings is 2. The lowest BCUT2D eigenvalue weighted by Gasteiger charge is -2.11. The van der Waals surface area contributed by atoms with Gasteiger partial charge in [-0.15, -0.1) is 5.10 Å². The Balaban J connectivity index is 1.68. The molecular weight excluding hydrogens is 410 g/mol. The third-order valence-corrected chi connectivity index (χ3v) is 5.15. The molecule has 32 heavy (non-hydrogen) atoms. The molecule has 0 bridgehead atoms. The van der Waals surface area contributed by atoms with Crippen LogP contribution in [0, 0.1) is 5.92 Å². The molecule has 0 saturated carbocycles. The molecule has 2 aromatic heterocycles. The van der Waals surface area contributed by atoms with Crippen LogP contribution in [0.3, 0.4) is 0 Å². The third kappa shape index (κ3) is 4.01. The summed E-state index contributed by atoms with van der Waals surface area (Å²) in [4.78, 5) is 38.7. The van der Waals surface area contributed by atoms with Crippen LogP contribution in [0.2, 0.25) is 0 Å². The monoisotopic (exact) mass is 435 g/mol. The number of nitrogens with zero attached hydrogens (tertiary/aromatic N) is 4. The average molecular weight is 435 g/mol. The Morgan fingerprint density at radius 1 is 1.12 bits per heavy atom. The molecule has 4 rings (SSSR count). The fraction of sp³-hybridized carbons (Fsp3) is 0.304. The van der Waals surface area contributed by atoms with Gasteiger partial charge >= 0.3 is 5.69 Å². The molecule has 0 radical (unpaired) electrons. The number of methoxy groups -OCH3 is 1. The molecule has 0 saturated heterocycles. The lowest BCUT2D eigenvalue weighted by molar-refractivity contribution is -0.122. The lowest BCUT2D eigenvalue weighted by atomic mass is 10.2. The predicted molar refractivity (Wildman–Crippen MR) is 121 cm³/mol. The Labute approximate surface area is 183 Å². The highest BCUT2D eigenvalue weighted by atomic mass is 16.5. The zero-order valence-corrected chi connectivity index (χ0v) is 18.2. The smallest absolute Gasteiger partial charge is 0.352 e. The Morgan fingerprint density at radius 3 is 2.66 bits per heavy atom. The van der Waals surface area contributed by atoms with Crippen LogP contribution in [0.1, 0.15) is 19.4 Å². The molecule has 9 nitrogen and oxygen atoms in total. The normalized spacial score (nSPS) is 11.4. The summed E-state index contributed by atoms with van der Waals surface area (Å²) in [6.07, 6.45) is 0. The van der Waals surface area contributed by atoms with Crippen LogP contribution in [-0.4, -0.2) is 31.8 Å².